The standard InChI is InChI=1S/C40H59N5O10/c1-10-30-37(49)44-34(40(53)54)26(7)36(48)43-33(22(2)3)38(50)41-28(25(6)35(47)42-29(39(51)52)18-19-32(46)45(30)8)17-16-23(4)20-24(5)31(55-9)21-27-14-12-11-13-15-27/h11-17,20,22,24-26,28-31,33-34H,10,18-19,21H2,1-9H3,(H,41,50)(H,42,47)(H,43,48)(H,44,49)(H,51,52)(H,53,54)/b17-16+,23-20+/t24-,25-,26-,28-,29+,30?,31-,33-,34+/m0/s1. The Bertz CT molecular complexity index is 1580. The summed E-state index contributed by atoms with van der Waals surface area (Å²) in [7, 11) is 2.98. The fraction of sp³-hybridized carbons (Fsp3) is 0.575. The van der Waals surface area contributed by atoms with Crippen molar-refractivity contribution < 1.29 is 48.5 Å². The highest BCUT2D eigenvalue weighted by molar-refractivity contribution is 5.95. The highest BCUT2D eigenvalue weighted by atomic mass is 16.5. The molecule has 1 aromatic rings. The Morgan fingerprint density at radius 1 is 0.891 bits per heavy atom. The molecule has 1 fully saturated rings. The van der Waals surface area contributed by atoms with Gasteiger partial charge in [-0.25, -0.2) is 9.59 Å². The summed E-state index contributed by atoms with van der Waals surface area (Å²) in [6, 6.07) is 3.37. The lowest BCUT2D eigenvalue weighted by Crippen LogP contribution is -2.58. The van der Waals surface area contributed by atoms with Crippen LogP contribution in [0.1, 0.15) is 73.3 Å². The average Bonchev–Trinajstić information content (AvgIpc) is 3.13. The fourth-order valence-electron chi connectivity index (χ4n) is 6.35. The molecule has 1 saturated heterocycles. The normalized spacial score (nSPS) is 26.9. The van der Waals surface area contributed by atoms with E-state index in [-0.39, 0.29) is 31.3 Å². The van der Waals surface area contributed by atoms with Crippen LogP contribution in [0.15, 0.2) is 54.1 Å². The maximum Gasteiger partial charge on any atom is 0.327 e. The van der Waals surface area contributed by atoms with Gasteiger partial charge in [0.15, 0.2) is 0 Å². The lowest BCUT2D eigenvalue weighted by atomic mass is 9.94. The Morgan fingerprint density at radius 3 is 2.05 bits per heavy atom. The number of aliphatic carboxylic acids is 2. The first-order valence-corrected chi connectivity index (χ1v) is 18.7. The van der Waals surface area contributed by atoms with Crippen molar-refractivity contribution in [3.63, 3.8) is 0 Å². The minimum Gasteiger partial charge on any atom is -0.480 e. The average molecular weight is 770 g/mol. The van der Waals surface area contributed by atoms with E-state index in [0.29, 0.717) is 6.42 Å². The van der Waals surface area contributed by atoms with Gasteiger partial charge in [0, 0.05) is 26.5 Å². The predicted octanol–water partition coefficient (Wildman–Crippen LogP) is 2.45. The van der Waals surface area contributed by atoms with Gasteiger partial charge in [-0.3, -0.25) is 24.0 Å². The summed E-state index contributed by atoms with van der Waals surface area (Å²) in [5, 5.41) is 30.3. The molecule has 55 heavy (non-hydrogen) atoms. The van der Waals surface area contributed by atoms with Gasteiger partial charge in [-0.05, 0) is 37.7 Å². The van der Waals surface area contributed by atoms with E-state index in [1.807, 2.05) is 50.3 Å². The number of benzene rings is 1. The molecule has 1 aromatic carbocycles. The Labute approximate surface area is 323 Å². The number of methoxy groups -OCH3 is 1. The van der Waals surface area contributed by atoms with Crippen LogP contribution >= 0.6 is 0 Å². The second kappa shape index (κ2) is 21.7. The molecule has 0 aliphatic carbocycles. The molecule has 1 heterocycles. The second-order valence-electron chi connectivity index (χ2n) is 14.6. The molecule has 0 spiro atoms. The molecular formula is C40H59N5O10. The molecule has 1 aliphatic heterocycles. The molecule has 0 radical (unpaired) electrons. The van der Waals surface area contributed by atoms with E-state index in [1.54, 1.807) is 40.0 Å². The number of nitrogens with one attached hydrogen (secondary N) is 4. The van der Waals surface area contributed by atoms with Gasteiger partial charge >= 0.3 is 11.9 Å². The van der Waals surface area contributed by atoms with Crippen molar-refractivity contribution in [3.8, 4) is 0 Å². The van der Waals surface area contributed by atoms with Gasteiger partial charge in [-0.2, -0.15) is 0 Å². The summed E-state index contributed by atoms with van der Waals surface area (Å²) >= 11 is 0. The number of likely N-dealkylation sites (N-methyl/N-ethyl adjacent to an activating group) is 1. The number of carboxylic acid groups (broad SMARTS) is 2. The Kier molecular flexibility index (Phi) is 18.2. The minimum absolute atomic E-state index is 0.0349. The Balaban J connectivity index is 2.56. The van der Waals surface area contributed by atoms with Crippen molar-refractivity contribution >= 4 is 41.5 Å². The van der Waals surface area contributed by atoms with E-state index in [0.717, 1.165) is 16.0 Å². The molecule has 1 aliphatic rings. The van der Waals surface area contributed by atoms with Crippen LogP contribution in [-0.2, 0) is 44.7 Å². The summed E-state index contributed by atoms with van der Waals surface area (Å²) in [6.45, 7) is 11.6. The summed E-state index contributed by atoms with van der Waals surface area (Å²) in [5.41, 5.74) is 1.91. The molecule has 0 saturated carbocycles. The number of carbonyl (C=O) groups is 7. The lowest BCUT2D eigenvalue weighted by Gasteiger charge is -2.30. The van der Waals surface area contributed by atoms with E-state index >= 15 is 0 Å². The van der Waals surface area contributed by atoms with Gasteiger partial charge in [0.25, 0.3) is 0 Å². The number of rotatable bonds is 11. The highest BCUT2D eigenvalue weighted by Crippen LogP contribution is 2.19. The number of hydrogen-bond donors (Lipinski definition) is 6. The molecule has 15 heteroatoms. The van der Waals surface area contributed by atoms with Crippen molar-refractivity contribution in [2.24, 2.45) is 23.7 Å². The smallest absolute Gasteiger partial charge is 0.327 e. The topological polar surface area (TPSA) is 221 Å². The predicted molar refractivity (Wildman–Crippen MR) is 205 cm³/mol. The maximum absolute atomic E-state index is 13.9. The summed E-state index contributed by atoms with van der Waals surface area (Å²) < 4.78 is 5.78. The van der Waals surface area contributed by atoms with Gasteiger partial charge in [-0.1, -0.05) is 95.7 Å². The molecule has 6 N–H and O–H groups in total. The lowest BCUT2D eigenvalue weighted by molar-refractivity contribution is -0.148. The Hall–Kier alpha value is -5.05. The molecule has 5 amide bonds. The zero-order valence-corrected chi connectivity index (χ0v) is 33.3. The van der Waals surface area contributed by atoms with Crippen LogP contribution in [-0.4, -0.2) is 107 Å². The fourth-order valence-corrected chi connectivity index (χ4v) is 6.35. The molecule has 2 rings (SSSR count). The van der Waals surface area contributed by atoms with Crippen LogP contribution in [0.5, 0.6) is 0 Å². The molecule has 9 atom stereocenters. The number of carbonyl (C=O) groups excluding carboxylic acids is 5. The van der Waals surface area contributed by atoms with Crippen molar-refractivity contribution in [2.75, 3.05) is 14.2 Å². The van der Waals surface area contributed by atoms with E-state index in [1.165, 1.54) is 20.9 Å². The quantitative estimate of drug-likeness (QED) is 0.181. The number of carboxylic acids is 2. The summed E-state index contributed by atoms with van der Waals surface area (Å²) in [6.07, 6.45) is 5.27. The van der Waals surface area contributed by atoms with E-state index < -0.39 is 89.4 Å². The van der Waals surface area contributed by atoms with Crippen LogP contribution in [0, 0.1) is 23.7 Å². The van der Waals surface area contributed by atoms with E-state index in [2.05, 4.69) is 21.3 Å². The first kappa shape index (κ1) is 46.1. The van der Waals surface area contributed by atoms with Gasteiger partial charge in [0.1, 0.15) is 24.2 Å². The van der Waals surface area contributed by atoms with Crippen LogP contribution in [0.2, 0.25) is 0 Å². The largest absolute Gasteiger partial charge is 0.480 e. The molecular weight excluding hydrogens is 710 g/mol. The monoisotopic (exact) mass is 769 g/mol. The Morgan fingerprint density at radius 2 is 1.51 bits per heavy atom. The zero-order chi connectivity index (χ0) is 41.6. The van der Waals surface area contributed by atoms with Gasteiger partial charge in [-0.15, -0.1) is 0 Å². The third kappa shape index (κ3) is 13.6. The summed E-state index contributed by atoms with van der Waals surface area (Å²) in [5.74, 6) is -9.48. The molecule has 304 valence electrons. The van der Waals surface area contributed by atoms with Gasteiger partial charge < -0.3 is 41.1 Å². The number of ether oxygens (including phenoxy) is 1. The van der Waals surface area contributed by atoms with E-state index in [9.17, 15) is 43.8 Å². The number of allylic oxidation sites excluding steroid dienone is 2. The minimum atomic E-state index is -1.71. The van der Waals surface area contributed by atoms with Crippen molar-refractivity contribution in [1.82, 2.24) is 26.2 Å². The zero-order valence-electron chi connectivity index (χ0n) is 33.3. The highest BCUT2D eigenvalue weighted by Gasteiger charge is 2.38. The molecule has 1 unspecified atom stereocenters. The number of amides is 5. The maximum atomic E-state index is 13.9. The number of hydrogen-bond acceptors (Lipinski definition) is 8. The molecule has 15 nitrogen and oxygen atoms in total. The second-order valence-corrected chi connectivity index (χ2v) is 14.6. The third-order valence-electron chi connectivity index (χ3n) is 10.1. The van der Waals surface area contributed by atoms with Gasteiger partial charge in [0.2, 0.25) is 29.5 Å². The first-order valence-electron chi connectivity index (χ1n) is 18.7. The van der Waals surface area contributed by atoms with E-state index in [4.69, 9.17) is 4.74 Å². The van der Waals surface area contributed by atoms with Gasteiger partial charge in [0.05, 0.1) is 24.0 Å². The van der Waals surface area contributed by atoms with Crippen LogP contribution < -0.4 is 21.3 Å². The van der Waals surface area contributed by atoms with Crippen LogP contribution in [0.25, 0.3) is 0 Å². The van der Waals surface area contributed by atoms with Crippen LogP contribution in [0.3, 0.4) is 0 Å². The van der Waals surface area contributed by atoms with Crippen molar-refractivity contribution in [1.29, 1.82) is 0 Å². The van der Waals surface area contributed by atoms with Crippen molar-refractivity contribution in [3.05, 3.63) is 59.7 Å². The third-order valence-corrected chi connectivity index (χ3v) is 10.1. The van der Waals surface area contributed by atoms with Crippen LogP contribution in [0.4, 0.5) is 0 Å². The summed E-state index contributed by atoms with van der Waals surface area (Å²) in [4.78, 5) is 93.1. The first-order chi connectivity index (χ1) is 25.8. The number of nitrogens with zero attached hydrogens (tertiary/aromatic N) is 1. The molecule has 0 aromatic heterocycles. The SMILES string of the molecule is CCC1C(=O)N[C@@H](C(=O)O)[C@H](C)C(=O)N[C@@H](C(C)C)C(=O)N[C@@H](/C=C/C(C)=C/[C@H](C)[C@H](Cc2ccccc2)OC)[C@H](C)C(=O)N[C@@H](C(=O)O)CCC(=O)N1C. The molecule has 0 bridgehead atoms. The van der Waals surface area contributed by atoms with Crippen molar-refractivity contribution in [2.45, 2.75) is 110 Å².